The lowest BCUT2D eigenvalue weighted by atomic mass is 10.1. The second kappa shape index (κ2) is 12.6. The summed E-state index contributed by atoms with van der Waals surface area (Å²) in [6.07, 6.45) is 0.763. The Morgan fingerprint density at radius 3 is 2.18 bits per heavy atom. The summed E-state index contributed by atoms with van der Waals surface area (Å²) in [6.45, 7) is 9.41. The number of carbonyl (C=O) groups excluding carboxylic acids is 3. The highest BCUT2D eigenvalue weighted by molar-refractivity contribution is 6.06. The van der Waals surface area contributed by atoms with Crippen molar-refractivity contribution in [3.05, 3.63) is 94.8 Å². The number of nitrogens with zero attached hydrogens (tertiary/aromatic N) is 3. The maximum atomic E-state index is 13.6. The predicted molar refractivity (Wildman–Crippen MR) is 152 cm³/mol. The highest BCUT2D eigenvalue weighted by Crippen LogP contribution is 2.28. The average Bonchev–Trinajstić information content (AvgIpc) is 3.20. The van der Waals surface area contributed by atoms with Gasteiger partial charge in [-0.2, -0.15) is 0 Å². The quantitative estimate of drug-likeness (QED) is 0.455. The molecule has 204 valence electrons. The minimum atomic E-state index is -0.417. The standard InChI is InChI=1S/C31H35FN4O3/c1-4-34(5-2)31(39)27-21-26(33-29(37)23-11-13-25(32)14-12-23)15-16-28(27)35-17-6-18-36(20-19-35)30(38)24-9-7-22(3)8-10-24/h7-16,21H,4-6,17-20H2,1-3H3,(H,33,37). The largest absolute Gasteiger partial charge is 0.369 e. The van der Waals surface area contributed by atoms with E-state index in [-0.39, 0.29) is 17.7 Å². The number of nitrogens with one attached hydrogen (secondary N) is 1. The number of hydrogen-bond acceptors (Lipinski definition) is 4. The molecule has 0 aliphatic carbocycles. The molecule has 7 nitrogen and oxygen atoms in total. The molecule has 3 aromatic carbocycles. The van der Waals surface area contributed by atoms with Gasteiger partial charge in [0, 0.05) is 61.8 Å². The highest BCUT2D eigenvalue weighted by Gasteiger charge is 2.25. The molecular formula is C31H35FN4O3. The first kappa shape index (κ1) is 27.8. The number of benzene rings is 3. The van der Waals surface area contributed by atoms with Crippen LogP contribution >= 0.6 is 0 Å². The number of hydrogen-bond donors (Lipinski definition) is 1. The number of anilines is 2. The molecule has 1 aliphatic rings. The SMILES string of the molecule is CCN(CC)C(=O)c1cc(NC(=O)c2ccc(F)cc2)ccc1N1CCCN(C(=O)c2ccc(C)cc2)CC1. The van der Waals surface area contributed by atoms with E-state index in [2.05, 4.69) is 10.2 Å². The van der Waals surface area contributed by atoms with Gasteiger partial charge in [-0.1, -0.05) is 17.7 Å². The zero-order chi connectivity index (χ0) is 27.9. The van der Waals surface area contributed by atoms with Crippen LogP contribution in [0.5, 0.6) is 0 Å². The number of carbonyl (C=O) groups is 3. The van der Waals surface area contributed by atoms with E-state index in [1.165, 1.54) is 24.3 Å². The first-order chi connectivity index (χ1) is 18.8. The predicted octanol–water partition coefficient (Wildman–Crippen LogP) is 5.22. The summed E-state index contributed by atoms with van der Waals surface area (Å²) < 4.78 is 13.3. The fourth-order valence-corrected chi connectivity index (χ4v) is 4.79. The third kappa shape index (κ3) is 6.63. The van der Waals surface area contributed by atoms with Crippen LogP contribution in [0.15, 0.2) is 66.7 Å². The van der Waals surface area contributed by atoms with Gasteiger partial charge < -0.3 is 20.0 Å². The smallest absolute Gasteiger partial charge is 0.256 e. The molecule has 0 unspecified atom stereocenters. The molecule has 1 aliphatic heterocycles. The normalized spacial score (nSPS) is 13.5. The highest BCUT2D eigenvalue weighted by atomic mass is 19.1. The van der Waals surface area contributed by atoms with E-state index < -0.39 is 5.82 Å². The molecular weight excluding hydrogens is 495 g/mol. The van der Waals surface area contributed by atoms with Gasteiger partial charge in [0.15, 0.2) is 0 Å². The first-order valence-electron chi connectivity index (χ1n) is 13.4. The minimum Gasteiger partial charge on any atom is -0.369 e. The van der Waals surface area contributed by atoms with Crippen molar-refractivity contribution in [3.63, 3.8) is 0 Å². The van der Waals surface area contributed by atoms with Gasteiger partial charge in [-0.05, 0) is 81.8 Å². The molecule has 1 saturated heterocycles. The molecule has 4 rings (SSSR count). The molecule has 39 heavy (non-hydrogen) atoms. The summed E-state index contributed by atoms with van der Waals surface area (Å²) in [5, 5.41) is 2.83. The molecule has 1 N–H and O–H groups in total. The van der Waals surface area contributed by atoms with Gasteiger partial charge in [0.1, 0.15) is 5.82 Å². The molecule has 8 heteroatoms. The Labute approximate surface area is 229 Å². The molecule has 0 atom stereocenters. The van der Waals surface area contributed by atoms with Crippen molar-refractivity contribution in [1.29, 1.82) is 0 Å². The molecule has 0 bridgehead atoms. The van der Waals surface area contributed by atoms with Crippen LogP contribution < -0.4 is 10.2 Å². The second-order valence-electron chi connectivity index (χ2n) is 9.67. The van der Waals surface area contributed by atoms with Crippen LogP contribution in [0.3, 0.4) is 0 Å². The lowest BCUT2D eigenvalue weighted by Gasteiger charge is -2.28. The summed E-state index contributed by atoms with van der Waals surface area (Å²) in [5.41, 5.74) is 3.85. The molecule has 3 aromatic rings. The van der Waals surface area contributed by atoms with E-state index in [9.17, 15) is 18.8 Å². The van der Waals surface area contributed by atoms with Crippen LogP contribution in [0.25, 0.3) is 0 Å². The third-order valence-electron chi connectivity index (χ3n) is 7.06. The number of aryl methyl sites for hydroxylation is 1. The van der Waals surface area contributed by atoms with Gasteiger partial charge >= 0.3 is 0 Å². The Hall–Kier alpha value is -4.20. The first-order valence-corrected chi connectivity index (χ1v) is 13.4. The Morgan fingerprint density at radius 2 is 1.51 bits per heavy atom. The lowest BCUT2D eigenvalue weighted by Crippen LogP contribution is -2.36. The Bertz CT molecular complexity index is 1320. The molecule has 3 amide bonds. The van der Waals surface area contributed by atoms with E-state index in [1.807, 2.05) is 56.0 Å². The van der Waals surface area contributed by atoms with Crippen LogP contribution in [0.1, 0.15) is 56.9 Å². The molecule has 0 saturated carbocycles. The van der Waals surface area contributed by atoms with Crippen LogP contribution in [-0.2, 0) is 0 Å². The van der Waals surface area contributed by atoms with E-state index in [4.69, 9.17) is 0 Å². The van der Waals surface area contributed by atoms with Crippen molar-refractivity contribution >= 4 is 29.1 Å². The maximum absolute atomic E-state index is 13.6. The zero-order valence-electron chi connectivity index (χ0n) is 22.7. The minimum absolute atomic E-state index is 0.00939. The number of halogens is 1. The maximum Gasteiger partial charge on any atom is 0.256 e. The third-order valence-corrected chi connectivity index (χ3v) is 7.06. The van der Waals surface area contributed by atoms with Crippen LogP contribution in [0.2, 0.25) is 0 Å². The van der Waals surface area contributed by atoms with Gasteiger partial charge in [-0.3, -0.25) is 14.4 Å². The van der Waals surface area contributed by atoms with Crippen LogP contribution in [-0.4, -0.2) is 66.8 Å². The van der Waals surface area contributed by atoms with Gasteiger partial charge in [0.2, 0.25) is 0 Å². The lowest BCUT2D eigenvalue weighted by molar-refractivity contribution is 0.0760. The van der Waals surface area contributed by atoms with E-state index in [0.717, 1.165) is 17.7 Å². The number of rotatable bonds is 7. The van der Waals surface area contributed by atoms with Crippen LogP contribution in [0, 0.1) is 12.7 Å². The fraction of sp³-hybridized carbons (Fsp3) is 0.323. The monoisotopic (exact) mass is 530 g/mol. The molecule has 0 radical (unpaired) electrons. The summed E-state index contributed by atoms with van der Waals surface area (Å²) in [7, 11) is 0. The fourth-order valence-electron chi connectivity index (χ4n) is 4.79. The summed E-state index contributed by atoms with van der Waals surface area (Å²) >= 11 is 0. The van der Waals surface area contributed by atoms with Gasteiger partial charge in [-0.15, -0.1) is 0 Å². The summed E-state index contributed by atoms with van der Waals surface area (Å²) in [6, 6.07) is 18.3. The molecule has 0 spiro atoms. The topological polar surface area (TPSA) is 73.0 Å². The second-order valence-corrected chi connectivity index (χ2v) is 9.67. The van der Waals surface area contributed by atoms with Crippen molar-refractivity contribution in [2.24, 2.45) is 0 Å². The van der Waals surface area contributed by atoms with Gasteiger partial charge in [0.25, 0.3) is 17.7 Å². The van der Waals surface area contributed by atoms with Gasteiger partial charge in [0.05, 0.1) is 5.56 Å². The molecule has 1 fully saturated rings. The summed E-state index contributed by atoms with van der Waals surface area (Å²) in [4.78, 5) is 45.2. The van der Waals surface area contributed by atoms with Crippen molar-refractivity contribution < 1.29 is 18.8 Å². The summed E-state index contributed by atoms with van der Waals surface area (Å²) in [5.74, 6) is -0.913. The van der Waals surface area contributed by atoms with Crippen LogP contribution in [0.4, 0.5) is 15.8 Å². The van der Waals surface area contributed by atoms with Crippen molar-refractivity contribution in [1.82, 2.24) is 9.80 Å². The van der Waals surface area contributed by atoms with E-state index >= 15 is 0 Å². The van der Waals surface area contributed by atoms with Crippen molar-refractivity contribution in [3.8, 4) is 0 Å². The Morgan fingerprint density at radius 1 is 0.846 bits per heavy atom. The Kier molecular flexibility index (Phi) is 8.96. The van der Waals surface area contributed by atoms with E-state index in [1.54, 1.807) is 17.0 Å². The Balaban J connectivity index is 1.57. The molecule has 1 heterocycles. The number of amides is 3. The molecule has 0 aromatic heterocycles. The van der Waals surface area contributed by atoms with Crippen molar-refractivity contribution in [2.75, 3.05) is 49.5 Å². The van der Waals surface area contributed by atoms with Gasteiger partial charge in [-0.25, -0.2) is 4.39 Å². The average molecular weight is 531 g/mol. The van der Waals surface area contributed by atoms with Crippen molar-refractivity contribution in [2.45, 2.75) is 27.2 Å². The zero-order valence-corrected chi connectivity index (χ0v) is 22.7. The van der Waals surface area contributed by atoms with E-state index in [0.29, 0.717) is 61.6 Å².